The highest BCUT2D eigenvalue weighted by Crippen LogP contribution is 2.40. The lowest BCUT2D eigenvalue weighted by Gasteiger charge is -2.23. The normalized spacial score (nSPS) is 17.0. The lowest BCUT2D eigenvalue weighted by atomic mass is 10.2. The number of anilines is 2. The third-order valence-electron chi connectivity index (χ3n) is 5.57. The molecule has 1 aromatic carbocycles. The third kappa shape index (κ3) is 3.45. The monoisotopic (exact) mass is 397 g/mol. The first kappa shape index (κ1) is 17.8. The van der Waals surface area contributed by atoms with Crippen molar-refractivity contribution in [2.24, 2.45) is 0 Å². The van der Waals surface area contributed by atoms with Crippen molar-refractivity contribution in [3.8, 4) is 5.75 Å². The zero-order valence-electron chi connectivity index (χ0n) is 16.1. The molecule has 6 nitrogen and oxygen atoms in total. The number of thiophene rings is 1. The van der Waals surface area contributed by atoms with Crippen LogP contribution in [0, 0.1) is 0 Å². The van der Waals surface area contributed by atoms with Gasteiger partial charge in [0.25, 0.3) is 0 Å². The Morgan fingerprint density at radius 1 is 1.14 bits per heavy atom. The zero-order chi connectivity index (χ0) is 18.9. The van der Waals surface area contributed by atoms with Gasteiger partial charge in [-0.2, -0.15) is 0 Å². The van der Waals surface area contributed by atoms with Gasteiger partial charge in [0.1, 0.15) is 36.0 Å². The van der Waals surface area contributed by atoms with Gasteiger partial charge in [-0.15, -0.1) is 11.3 Å². The molecule has 1 aliphatic carbocycles. The van der Waals surface area contributed by atoms with E-state index in [1.165, 1.54) is 33.6 Å². The smallest absolute Gasteiger partial charge is 0.187 e. The summed E-state index contributed by atoms with van der Waals surface area (Å²) >= 11 is 1.85. The summed E-state index contributed by atoms with van der Waals surface area (Å²) in [4.78, 5) is 14.0. The van der Waals surface area contributed by atoms with E-state index in [1.807, 2.05) is 35.6 Å². The molecular formula is C21H25N4O2S+. The molecule has 3 aromatic rings. The van der Waals surface area contributed by atoms with Gasteiger partial charge in [0.2, 0.25) is 0 Å². The Hall–Kier alpha value is -2.22. The summed E-state index contributed by atoms with van der Waals surface area (Å²) in [5, 5.41) is 4.77. The van der Waals surface area contributed by atoms with Crippen LogP contribution < -0.4 is 15.0 Å². The van der Waals surface area contributed by atoms with Crippen molar-refractivity contribution >= 4 is 33.1 Å². The summed E-state index contributed by atoms with van der Waals surface area (Å²) in [7, 11) is 1.69. The second kappa shape index (κ2) is 7.66. The molecule has 0 radical (unpaired) electrons. The first-order valence-corrected chi connectivity index (χ1v) is 10.8. The number of ether oxygens (including phenoxy) is 2. The van der Waals surface area contributed by atoms with Crippen molar-refractivity contribution < 1.29 is 14.4 Å². The van der Waals surface area contributed by atoms with Crippen LogP contribution in [0.3, 0.4) is 0 Å². The average molecular weight is 398 g/mol. The number of morpholine rings is 1. The number of quaternary nitrogens is 1. The van der Waals surface area contributed by atoms with Crippen molar-refractivity contribution in [2.45, 2.75) is 25.8 Å². The minimum atomic E-state index is 0.821. The maximum Gasteiger partial charge on any atom is 0.187 e. The van der Waals surface area contributed by atoms with Gasteiger partial charge < -0.3 is 19.7 Å². The van der Waals surface area contributed by atoms with E-state index in [2.05, 4.69) is 5.32 Å². The Bertz CT molecular complexity index is 980. The van der Waals surface area contributed by atoms with Crippen molar-refractivity contribution in [1.29, 1.82) is 0 Å². The van der Waals surface area contributed by atoms with Crippen LogP contribution in [0.2, 0.25) is 0 Å². The number of fused-ring (bicyclic) bond motifs is 3. The Balaban J connectivity index is 1.51. The molecule has 7 heteroatoms. The topological polar surface area (TPSA) is 60.7 Å². The maximum absolute atomic E-state index is 5.49. The fourth-order valence-electron chi connectivity index (χ4n) is 4.08. The molecule has 2 aromatic heterocycles. The minimum absolute atomic E-state index is 0.821. The second-order valence-electron chi connectivity index (χ2n) is 7.42. The first-order valence-electron chi connectivity index (χ1n) is 9.94. The molecule has 2 aliphatic rings. The highest BCUT2D eigenvalue weighted by Gasteiger charge is 2.24. The van der Waals surface area contributed by atoms with E-state index >= 15 is 0 Å². The molecule has 3 heterocycles. The molecule has 0 spiro atoms. The Labute approximate surface area is 168 Å². The third-order valence-corrected chi connectivity index (χ3v) is 6.76. The van der Waals surface area contributed by atoms with Crippen LogP contribution in [0.5, 0.6) is 5.75 Å². The molecule has 0 bridgehead atoms. The predicted molar refractivity (Wildman–Crippen MR) is 111 cm³/mol. The lowest BCUT2D eigenvalue weighted by Crippen LogP contribution is -3.12. The second-order valence-corrected chi connectivity index (χ2v) is 8.50. The fraction of sp³-hybridized carbons (Fsp3) is 0.429. The summed E-state index contributed by atoms with van der Waals surface area (Å²) in [5.41, 5.74) is 2.46. The van der Waals surface area contributed by atoms with Crippen molar-refractivity contribution in [2.75, 3.05) is 38.7 Å². The van der Waals surface area contributed by atoms with E-state index in [-0.39, 0.29) is 0 Å². The lowest BCUT2D eigenvalue weighted by molar-refractivity contribution is -0.922. The standard InChI is InChI=1S/C21H24N4O2S/c1-26-15-7-5-14(6-8-15)22-20-19-16-3-2-4-17(16)28-21(19)24-18(23-20)13-25-9-11-27-12-10-25/h5-8H,2-4,9-13H2,1H3,(H,22,23,24)/p+1. The highest BCUT2D eigenvalue weighted by molar-refractivity contribution is 7.19. The van der Waals surface area contributed by atoms with Gasteiger partial charge in [0.05, 0.1) is 25.7 Å². The Morgan fingerprint density at radius 3 is 2.75 bits per heavy atom. The number of nitrogens with one attached hydrogen (secondary N) is 2. The molecule has 0 amide bonds. The Morgan fingerprint density at radius 2 is 1.96 bits per heavy atom. The molecular weight excluding hydrogens is 372 g/mol. The van der Waals surface area contributed by atoms with Crippen molar-refractivity contribution in [1.82, 2.24) is 9.97 Å². The fourth-order valence-corrected chi connectivity index (χ4v) is 5.36. The summed E-state index contributed by atoms with van der Waals surface area (Å²) < 4.78 is 10.8. The highest BCUT2D eigenvalue weighted by atomic mass is 32.1. The van der Waals surface area contributed by atoms with E-state index in [0.717, 1.165) is 67.2 Å². The average Bonchev–Trinajstić information content (AvgIpc) is 3.30. The van der Waals surface area contributed by atoms with Crippen LogP contribution in [0.15, 0.2) is 24.3 Å². The van der Waals surface area contributed by atoms with Crippen molar-refractivity contribution in [3.63, 3.8) is 0 Å². The molecule has 1 saturated heterocycles. The van der Waals surface area contributed by atoms with E-state index in [1.54, 1.807) is 7.11 Å². The van der Waals surface area contributed by atoms with Gasteiger partial charge in [-0.1, -0.05) is 0 Å². The summed E-state index contributed by atoms with van der Waals surface area (Å²) in [6, 6.07) is 8.01. The van der Waals surface area contributed by atoms with Gasteiger partial charge in [-0.3, -0.25) is 0 Å². The Kier molecular flexibility index (Phi) is 4.88. The van der Waals surface area contributed by atoms with E-state index in [0.29, 0.717) is 0 Å². The molecule has 0 atom stereocenters. The molecule has 146 valence electrons. The first-order chi connectivity index (χ1) is 13.8. The van der Waals surface area contributed by atoms with Crippen LogP contribution >= 0.6 is 11.3 Å². The van der Waals surface area contributed by atoms with Gasteiger partial charge in [0, 0.05) is 10.6 Å². The number of methoxy groups -OCH3 is 1. The number of hydrogen-bond acceptors (Lipinski definition) is 6. The van der Waals surface area contributed by atoms with Gasteiger partial charge in [-0.05, 0) is 49.1 Å². The van der Waals surface area contributed by atoms with Gasteiger partial charge >= 0.3 is 0 Å². The molecule has 28 heavy (non-hydrogen) atoms. The SMILES string of the molecule is COc1ccc(Nc2nc(C[NH+]3CCOCC3)nc3sc4c(c23)CCC4)cc1. The molecule has 1 aliphatic heterocycles. The van der Waals surface area contributed by atoms with Crippen LogP contribution in [0.4, 0.5) is 11.5 Å². The quantitative estimate of drug-likeness (QED) is 0.692. The van der Waals surface area contributed by atoms with Crippen LogP contribution in [-0.2, 0) is 24.1 Å². The van der Waals surface area contributed by atoms with Gasteiger partial charge in [-0.25, -0.2) is 9.97 Å². The minimum Gasteiger partial charge on any atom is -0.497 e. The van der Waals surface area contributed by atoms with E-state index < -0.39 is 0 Å². The van der Waals surface area contributed by atoms with Crippen molar-refractivity contribution in [3.05, 3.63) is 40.5 Å². The van der Waals surface area contributed by atoms with Gasteiger partial charge in [0.15, 0.2) is 5.82 Å². The predicted octanol–water partition coefficient (Wildman–Crippen LogP) is 2.35. The number of aromatic nitrogens is 2. The summed E-state index contributed by atoms with van der Waals surface area (Å²) in [6.45, 7) is 4.52. The molecule has 0 unspecified atom stereocenters. The molecule has 2 N–H and O–H groups in total. The van der Waals surface area contributed by atoms with E-state index in [4.69, 9.17) is 19.4 Å². The van der Waals surface area contributed by atoms with Crippen LogP contribution in [-0.4, -0.2) is 43.4 Å². The van der Waals surface area contributed by atoms with E-state index in [9.17, 15) is 0 Å². The maximum atomic E-state index is 5.49. The largest absolute Gasteiger partial charge is 0.497 e. The summed E-state index contributed by atoms with van der Waals surface area (Å²) in [6.07, 6.45) is 3.53. The number of rotatable bonds is 5. The molecule has 0 saturated carbocycles. The molecule has 1 fully saturated rings. The zero-order valence-corrected chi connectivity index (χ0v) is 16.9. The number of benzene rings is 1. The number of nitrogens with zero attached hydrogens (tertiary/aromatic N) is 2. The van der Waals surface area contributed by atoms with Crippen LogP contribution in [0.1, 0.15) is 22.7 Å². The molecule has 5 rings (SSSR count). The number of hydrogen-bond donors (Lipinski definition) is 2. The van der Waals surface area contributed by atoms with Crippen LogP contribution in [0.25, 0.3) is 10.2 Å². The number of aryl methyl sites for hydroxylation is 2. The summed E-state index contributed by atoms with van der Waals surface area (Å²) in [5.74, 6) is 2.71.